The molecule has 0 aliphatic rings. The molecule has 0 fully saturated rings. The predicted molar refractivity (Wildman–Crippen MR) is 110 cm³/mol. The van der Waals surface area contributed by atoms with Crippen LogP contribution in [0.25, 0.3) is 22.1 Å². The molecule has 4 aromatic rings. The molecule has 3 heterocycles. The maximum absolute atomic E-state index is 13.7. The Labute approximate surface area is 182 Å². The van der Waals surface area contributed by atoms with E-state index in [1.165, 1.54) is 25.4 Å². The lowest BCUT2D eigenvalue weighted by atomic mass is 10.1. The van der Waals surface area contributed by atoms with Crippen molar-refractivity contribution in [3.63, 3.8) is 0 Å². The van der Waals surface area contributed by atoms with Crippen molar-refractivity contribution < 1.29 is 26.3 Å². The number of pyridine rings is 2. The van der Waals surface area contributed by atoms with Gasteiger partial charge in [0.25, 0.3) is 0 Å². The molecule has 0 radical (unpaired) electrons. The summed E-state index contributed by atoms with van der Waals surface area (Å²) in [6, 6.07) is 5.14. The number of methoxy groups -OCH3 is 1. The van der Waals surface area contributed by atoms with Gasteiger partial charge in [-0.2, -0.15) is 18.2 Å². The van der Waals surface area contributed by atoms with Gasteiger partial charge in [0.05, 0.1) is 41.3 Å². The lowest BCUT2D eigenvalue weighted by Crippen LogP contribution is -2.37. The van der Waals surface area contributed by atoms with E-state index in [1.54, 1.807) is 0 Å². The number of ether oxygens (including phenoxy) is 1. The number of nitrogens with two attached hydrogens (primary N) is 1. The molecular formula is C19H14F3N5O5S. The van der Waals surface area contributed by atoms with E-state index in [-0.39, 0.29) is 27.9 Å². The van der Waals surface area contributed by atoms with Crippen molar-refractivity contribution in [3.8, 4) is 5.88 Å². The lowest BCUT2D eigenvalue weighted by Gasteiger charge is -2.17. The van der Waals surface area contributed by atoms with Gasteiger partial charge in [-0.1, -0.05) is 6.07 Å². The van der Waals surface area contributed by atoms with Crippen LogP contribution < -0.4 is 21.0 Å². The van der Waals surface area contributed by atoms with Crippen molar-refractivity contribution in [3.05, 3.63) is 68.4 Å². The lowest BCUT2D eigenvalue weighted by molar-refractivity contribution is -0.138. The first-order valence-electron chi connectivity index (χ1n) is 9.09. The van der Waals surface area contributed by atoms with E-state index in [4.69, 9.17) is 9.88 Å². The Morgan fingerprint density at radius 3 is 2.55 bits per heavy atom. The van der Waals surface area contributed by atoms with Crippen LogP contribution in [0.1, 0.15) is 11.1 Å². The standard InChI is InChI=1S/C19H14F3N5O5S/c1-32-14-5-4-11-15-13(7-24-16(11)26-14)25-17(28)18(29)27(15)8-9-2-3-10(33(23,30)31)6-12(9)19(20,21)22/h2-7H,8H2,1H3,(H,25,28)(H2,23,30,31). The monoisotopic (exact) mass is 481 g/mol. The van der Waals surface area contributed by atoms with E-state index >= 15 is 0 Å². The number of halogens is 3. The van der Waals surface area contributed by atoms with Gasteiger partial charge in [-0.3, -0.25) is 14.2 Å². The molecule has 0 aliphatic carbocycles. The third-order valence-corrected chi connectivity index (χ3v) is 5.80. The van der Waals surface area contributed by atoms with Gasteiger partial charge >= 0.3 is 17.3 Å². The van der Waals surface area contributed by atoms with Crippen molar-refractivity contribution in [1.29, 1.82) is 0 Å². The Morgan fingerprint density at radius 2 is 1.91 bits per heavy atom. The summed E-state index contributed by atoms with van der Waals surface area (Å²) in [5.74, 6) is 0.214. The fraction of sp³-hybridized carbons (Fsp3) is 0.158. The zero-order valence-electron chi connectivity index (χ0n) is 16.7. The number of H-pyrrole nitrogens is 1. The molecule has 0 aliphatic heterocycles. The average molecular weight is 481 g/mol. The van der Waals surface area contributed by atoms with Gasteiger partial charge in [-0.05, 0) is 23.8 Å². The number of hydrogen-bond acceptors (Lipinski definition) is 7. The number of aromatic amines is 1. The second-order valence-electron chi connectivity index (χ2n) is 6.95. The van der Waals surface area contributed by atoms with E-state index in [0.29, 0.717) is 6.07 Å². The Bertz CT molecular complexity index is 1640. The highest BCUT2D eigenvalue weighted by molar-refractivity contribution is 7.89. The van der Waals surface area contributed by atoms with E-state index in [0.717, 1.165) is 16.7 Å². The van der Waals surface area contributed by atoms with Crippen LogP contribution in [-0.2, 0) is 22.7 Å². The van der Waals surface area contributed by atoms with Gasteiger partial charge in [-0.25, -0.2) is 18.5 Å². The quantitative estimate of drug-likeness (QED) is 0.330. The maximum atomic E-state index is 13.7. The molecule has 0 saturated carbocycles. The van der Waals surface area contributed by atoms with Crippen LogP contribution in [0, 0.1) is 0 Å². The van der Waals surface area contributed by atoms with Gasteiger partial charge < -0.3 is 9.72 Å². The van der Waals surface area contributed by atoms with Gasteiger partial charge in [0.15, 0.2) is 5.65 Å². The van der Waals surface area contributed by atoms with Crippen molar-refractivity contribution in [1.82, 2.24) is 19.5 Å². The first-order chi connectivity index (χ1) is 15.4. The summed E-state index contributed by atoms with van der Waals surface area (Å²) in [6.45, 7) is -0.690. The number of hydrogen-bond donors (Lipinski definition) is 2. The summed E-state index contributed by atoms with van der Waals surface area (Å²) in [7, 11) is -3.03. The number of fused-ring (bicyclic) bond motifs is 3. The third kappa shape index (κ3) is 4.05. The zero-order valence-corrected chi connectivity index (χ0v) is 17.5. The Hall–Kier alpha value is -3.78. The minimum absolute atomic E-state index is 0.0865. The summed E-state index contributed by atoms with van der Waals surface area (Å²) in [5, 5.41) is 5.23. The van der Waals surface area contributed by atoms with Crippen LogP contribution in [0.4, 0.5) is 13.2 Å². The molecule has 0 bridgehead atoms. The highest BCUT2D eigenvalue weighted by Gasteiger charge is 2.34. The topological polar surface area (TPSA) is 150 Å². The third-order valence-electron chi connectivity index (χ3n) is 4.89. The van der Waals surface area contributed by atoms with Gasteiger partial charge in [-0.15, -0.1) is 0 Å². The van der Waals surface area contributed by atoms with E-state index in [2.05, 4.69) is 15.0 Å². The van der Waals surface area contributed by atoms with E-state index in [1.807, 2.05) is 0 Å². The minimum Gasteiger partial charge on any atom is -0.481 e. The second-order valence-corrected chi connectivity index (χ2v) is 8.51. The Morgan fingerprint density at radius 1 is 1.18 bits per heavy atom. The molecule has 3 N–H and O–H groups in total. The molecule has 33 heavy (non-hydrogen) atoms. The van der Waals surface area contributed by atoms with Gasteiger partial charge in [0.1, 0.15) is 0 Å². The summed E-state index contributed by atoms with van der Waals surface area (Å²) < 4.78 is 70.1. The highest BCUT2D eigenvalue weighted by Crippen LogP contribution is 2.34. The predicted octanol–water partition coefficient (Wildman–Crippen LogP) is 1.36. The van der Waals surface area contributed by atoms with Crippen molar-refractivity contribution in [2.24, 2.45) is 5.14 Å². The fourth-order valence-corrected chi connectivity index (χ4v) is 3.94. The van der Waals surface area contributed by atoms with E-state index < -0.39 is 49.9 Å². The summed E-state index contributed by atoms with van der Waals surface area (Å²) in [6.07, 6.45) is -3.74. The van der Waals surface area contributed by atoms with Crippen LogP contribution in [0.2, 0.25) is 0 Å². The zero-order chi connectivity index (χ0) is 24.1. The molecule has 0 amide bonds. The number of rotatable bonds is 4. The number of aromatic nitrogens is 4. The molecule has 0 unspecified atom stereocenters. The molecule has 3 aromatic heterocycles. The van der Waals surface area contributed by atoms with Crippen LogP contribution in [0.5, 0.6) is 5.88 Å². The summed E-state index contributed by atoms with van der Waals surface area (Å²) in [4.78, 5) is 34.7. The number of sulfonamides is 1. The van der Waals surface area contributed by atoms with Crippen LogP contribution >= 0.6 is 0 Å². The first-order valence-corrected chi connectivity index (χ1v) is 10.6. The summed E-state index contributed by atoms with van der Waals surface area (Å²) >= 11 is 0. The molecule has 0 saturated heterocycles. The molecule has 1 aromatic carbocycles. The molecule has 4 rings (SSSR count). The Kier molecular flexibility index (Phi) is 5.21. The summed E-state index contributed by atoms with van der Waals surface area (Å²) in [5.41, 5.74) is -3.64. The van der Waals surface area contributed by atoms with E-state index in [9.17, 15) is 31.2 Å². The van der Waals surface area contributed by atoms with Crippen molar-refractivity contribution in [2.75, 3.05) is 7.11 Å². The van der Waals surface area contributed by atoms with Gasteiger partial charge in [0.2, 0.25) is 15.9 Å². The normalized spacial score (nSPS) is 12.4. The molecular weight excluding hydrogens is 467 g/mol. The smallest absolute Gasteiger partial charge is 0.416 e. The number of alkyl halides is 3. The molecule has 172 valence electrons. The Balaban J connectivity index is 2.03. The van der Waals surface area contributed by atoms with Gasteiger partial charge in [0, 0.05) is 11.5 Å². The first kappa shape index (κ1) is 22.4. The SMILES string of the molecule is COc1ccc2c(ncc3[nH]c(=O)c(=O)n(Cc4ccc(S(N)(=O)=O)cc4C(F)(F)F)c32)n1. The maximum Gasteiger partial charge on any atom is 0.416 e. The highest BCUT2D eigenvalue weighted by atomic mass is 32.2. The number of nitrogens with zero attached hydrogens (tertiary/aromatic N) is 3. The van der Waals surface area contributed by atoms with Crippen molar-refractivity contribution in [2.45, 2.75) is 17.6 Å². The molecule has 0 spiro atoms. The molecule has 0 atom stereocenters. The number of benzene rings is 1. The van der Waals surface area contributed by atoms with Crippen LogP contribution in [-0.4, -0.2) is 35.0 Å². The van der Waals surface area contributed by atoms with Crippen molar-refractivity contribution >= 4 is 32.1 Å². The average Bonchev–Trinajstić information content (AvgIpc) is 2.74. The molecule has 10 nitrogen and oxygen atoms in total. The largest absolute Gasteiger partial charge is 0.481 e. The van der Waals surface area contributed by atoms with Crippen LogP contribution in [0.15, 0.2) is 51.0 Å². The number of nitrogens with one attached hydrogen (secondary N) is 1. The minimum atomic E-state index is -4.96. The number of primary sulfonamides is 1. The fourth-order valence-electron chi connectivity index (χ4n) is 3.40. The second kappa shape index (κ2) is 7.67. The van der Waals surface area contributed by atoms with Crippen LogP contribution in [0.3, 0.4) is 0 Å². The molecule has 14 heteroatoms.